The molecule has 13 nitrogen and oxygen atoms in total. The third kappa shape index (κ3) is 14.3. The maximum absolute atomic E-state index is 13.2. The highest BCUT2D eigenvalue weighted by molar-refractivity contribution is 6.76. The molecule has 0 aromatic heterocycles. The molecule has 0 spiro atoms. The summed E-state index contributed by atoms with van der Waals surface area (Å²) in [4.78, 5) is 37.3. The Balaban J connectivity index is 2.61. The smallest absolute Gasteiger partial charge is 0.306 e. The minimum Gasteiger partial charge on any atom is -0.454 e. The van der Waals surface area contributed by atoms with E-state index in [1.165, 1.54) is 13.8 Å². The maximum atomic E-state index is 13.2. The lowest BCUT2D eigenvalue weighted by Gasteiger charge is -2.49. The first-order valence-corrected chi connectivity index (χ1v) is 18.3. The van der Waals surface area contributed by atoms with Crippen molar-refractivity contribution in [2.45, 2.75) is 165 Å². The molecule has 2 heterocycles. The number of esters is 2. The molecule has 284 valence electrons. The quantitative estimate of drug-likeness (QED) is 0.0509. The third-order valence-electron chi connectivity index (χ3n) is 7.91. The van der Waals surface area contributed by atoms with Crippen LogP contribution in [0.5, 0.6) is 0 Å². The first-order chi connectivity index (χ1) is 23.1. The van der Waals surface area contributed by atoms with E-state index in [0.29, 0.717) is 26.2 Å². The lowest BCUT2D eigenvalue weighted by molar-refractivity contribution is -0.357. The SMILES string of the molecule is CCCCOC1C(OC(=O)CCC(C)=O)[C@H](OC2C(OC(C)=O)[C@H](OC(=N)C(Cl)(Cl)Cl)OC(C)[C@@H]2OCCCC)OC(C)[C@@H]1OCCCC. The summed E-state index contributed by atoms with van der Waals surface area (Å²) < 4.78 is 52.9. The van der Waals surface area contributed by atoms with Crippen molar-refractivity contribution in [1.82, 2.24) is 0 Å². The van der Waals surface area contributed by atoms with Crippen molar-refractivity contribution in [3.8, 4) is 0 Å². The minimum absolute atomic E-state index is 0.0142. The number of rotatable bonds is 20. The number of ether oxygens (including phenoxy) is 9. The fraction of sp³-hybridized carbons (Fsp3) is 0.879. The van der Waals surface area contributed by atoms with Gasteiger partial charge in [0.25, 0.3) is 3.79 Å². The molecule has 0 amide bonds. The summed E-state index contributed by atoms with van der Waals surface area (Å²) in [6, 6.07) is 0. The van der Waals surface area contributed by atoms with Gasteiger partial charge < -0.3 is 47.4 Å². The number of nitrogens with one attached hydrogen (secondary N) is 1. The molecule has 0 saturated carbocycles. The molecule has 2 aliphatic rings. The molecule has 49 heavy (non-hydrogen) atoms. The second-order valence-corrected chi connectivity index (χ2v) is 14.5. The van der Waals surface area contributed by atoms with Crippen LogP contribution < -0.4 is 0 Å². The summed E-state index contributed by atoms with van der Waals surface area (Å²) >= 11 is 17.7. The molecule has 2 rings (SSSR count). The molecule has 10 atom stereocenters. The molecule has 0 aromatic carbocycles. The second kappa shape index (κ2) is 21.9. The number of carbonyl (C=O) groups is 3. The Kier molecular flexibility index (Phi) is 19.6. The van der Waals surface area contributed by atoms with Gasteiger partial charge in [-0.05, 0) is 40.0 Å². The Morgan fingerprint density at radius 2 is 1.12 bits per heavy atom. The van der Waals surface area contributed by atoms with Crippen LogP contribution in [0, 0.1) is 5.41 Å². The van der Waals surface area contributed by atoms with Gasteiger partial charge >= 0.3 is 11.9 Å². The molecule has 16 heteroatoms. The number of Topliss-reactive ketones (excluding diaryl/α,β-unsaturated/α-hetero) is 1. The zero-order chi connectivity index (χ0) is 36.7. The molecule has 6 unspecified atom stereocenters. The van der Waals surface area contributed by atoms with Crippen LogP contribution in [0.2, 0.25) is 0 Å². The lowest BCUT2D eigenvalue weighted by Crippen LogP contribution is -2.66. The maximum Gasteiger partial charge on any atom is 0.306 e. The fourth-order valence-electron chi connectivity index (χ4n) is 5.32. The fourth-order valence-corrected chi connectivity index (χ4v) is 5.45. The van der Waals surface area contributed by atoms with E-state index in [0.717, 1.165) is 32.1 Å². The summed E-state index contributed by atoms with van der Waals surface area (Å²) in [5, 5.41) is 8.18. The van der Waals surface area contributed by atoms with E-state index in [1.54, 1.807) is 13.8 Å². The number of hydrogen-bond donors (Lipinski definition) is 1. The Labute approximate surface area is 305 Å². The predicted octanol–water partition coefficient (Wildman–Crippen LogP) is 5.99. The van der Waals surface area contributed by atoms with Crippen molar-refractivity contribution in [1.29, 1.82) is 5.41 Å². The molecule has 0 bridgehead atoms. The van der Waals surface area contributed by atoms with E-state index in [9.17, 15) is 14.4 Å². The van der Waals surface area contributed by atoms with Crippen LogP contribution in [0.3, 0.4) is 0 Å². The van der Waals surface area contributed by atoms with Crippen LogP contribution in [0.15, 0.2) is 0 Å². The topological polar surface area (TPSA) is 158 Å². The zero-order valence-electron chi connectivity index (χ0n) is 29.6. The first kappa shape index (κ1) is 43.9. The number of alkyl halides is 3. The highest BCUT2D eigenvalue weighted by atomic mass is 35.6. The van der Waals surface area contributed by atoms with Gasteiger partial charge in [0.2, 0.25) is 12.2 Å². The van der Waals surface area contributed by atoms with Crippen molar-refractivity contribution in [3.05, 3.63) is 0 Å². The van der Waals surface area contributed by atoms with Crippen molar-refractivity contribution in [3.63, 3.8) is 0 Å². The van der Waals surface area contributed by atoms with Crippen LogP contribution in [0.25, 0.3) is 0 Å². The van der Waals surface area contributed by atoms with Crippen molar-refractivity contribution in [2.75, 3.05) is 19.8 Å². The van der Waals surface area contributed by atoms with E-state index >= 15 is 0 Å². The van der Waals surface area contributed by atoms with Gasteiger partial charge in [-0.15, -0.1) is 0 Å². The predicted molar refractivity (Wildman–Crippen MR) is 182 cm³/mol. The Morgan fingerprint density at radius 3 is 1.59 bits per heavy atom. The lowest BCUT2D eigenvalue weighted by atomic mass is 9.96. The van der Waals surface area contributed by atoms with Gasteiger partial charge in [0.1, 0.15) is 30.2 Å². The van der Waals surface area contributed by atoms with E-state index in [4.69, 9.17) is 82.8 Å². The molecule has 2 aliphatic heterocycles. The zero-order valence-corrected chi connectivity index (χ0v) is 31.9. The number of halogens is 3. The van der Waals surface area contributed by atoms with Crippen LogP contribution in [-0.2, 0) is 57.0 Å². The summed E-state index contributed by atoms with van der Waals surface area (Å²) in [6.07, 6.45) is -5.48. The summed E-state index contributed by atoms with van der Waals surface area (Å²) in [5.41, 5.74) is 0. The van der Waals surface area contributed by atoms with E-state index in [2.05, 4.69) is 0 Å². The largest absolute Gasteiger partial charge is 0.454 e. The summed E-state index contributed by atoms with van der Waals surface area (Å²) in [5.74, 6) is -2.32. The van der Waals surface area contributed by atoms with Crippen molar-refractivity contribution >= 4 is 58.4 Å². The average molecular weight is 763 g/mol. The number of carbonyl (C=O) groups excluding carboxylic acids is 3. The molecule has 0 radical (unpaired) electrons. The summed E-state index contributed by atoms with van der Waals surface area (Å²) in [7, 11) is 0. The number of hydrogen-bond acceptors (Lipinski definition) is 13. The van der Waals surface area contributed by atoms with Gasteiger partial charge in [-0.25, -0.2) is 0 Å². The molecule has 2 saturated heterocycles. The van der Waals surface area contributed by atoms with E-state index in [-0.39, 0.29) is 18.6 Å². The molecule has 2 fully saturated rings. The van der Waals surface area contributed by atoms with E-state index < -0.39 is 83.0 Å². The van der Waals surface area contributed by atoms with Gasteiger partial charge in [-0.1, -0.05) is 74.8 Å². The Bertz CT molecular complexity index is 1050. The highest BCUT2D eigenvalue weighted by Crippen LogP contribution is 2.37. The van der Waals surface area contributed by atoms with Crippen molar-refractivity contribution < 1.29 is 57.0 Å². The van der Waals surface area contributed by atoms with Crippen LogP contribution >= 0.6 is 34.8 Å². The standard InChI is InChI=1S/C33H54Cl3NO12/c1-8-11-16-41-24-20(5)44-30(28(26(24)43-18-13-10-3)47-23(40)15-14-19(4)38)48-27-25(42-17-12-9-2)21(6)45-31(29(27)46-22(7)39)49-32(37)33(34,35)36/h20-21,24-31,37H,8-18H2,1-7H3/t20?,21?,24-,25-,26?,27?,28?,29?,30-,31-/m0/s1. The minimum atomic E-state index is -2.24. The number of ketones is 1. The van der Waals surface area contributed by atoms with Gasteiger partial charge in [0, 0.05) is 33.2 Å². The Hall–Kier alpha value is -1.29. The normalized spacial score (nSPS) is 30.4. The van der Waals surface area contributed by atoms with Gasteiger partial charge in [-0.3, -0.25) is 15.0 Å². The van der Waals surface area contributed by atoms with Gasteiger partial charge in [-0.2, -0.15) is 0 Å². The molecule has 1 N–H and O–H groups in total. The molecular weight excluding hydrogens is 709 g/mol. The van der Waals surface area contributed by atoms with Crippen LogP contribution in [0.4, 0.5) is 0 Å². The average Bonchev–Trinajstić information content (AvgIpc) is 3.01. The Morgan fingerprint density at radius 1 is 0.653 bits per heavy atom. The van der Waals surface area contributed by atoms with Crippen LogP contribution in [0.1, 0.15) is 99.8 Å². The third-order valence-corrected chi connectivity index (χ3v) is 8.43. The monoisotopic (exact) mass is 761 g/mol. The van der Waals surface area contributed by atoms with Crippen LogP contribution in [-0.4, -0.2) is 109 Å². The van der Waals surface area contributed by atoms with Crippen molar-refractivity contribution in [2.24, 2.45) is 0 Å². The molecular formula is C33H54Cl3NO12. The number of unbranched alkanes of at least 4 members (excludes halogenated alkanes) is 3. The molecule has 0 aliphatic carbocycles. The first-order valence-electron chi connectivity index (χ1n) is 17.1. The summed E-state index contributed by atoms with van der Waals surface area (Å²) in [6.45, 7) is 13.2. The van der Waals surface area contributed by atoms with E-state index in [1.807, 2.05) is 20.8 Å². The second-order valence-electron chi connectivity index (χ2n) is 12.3. The van der Waals surface area contributed by atoms with Gasteiger partial charge in [0.05, 0.1) is 18.6 Å². The molecule has 0 aromatic rings. The van der Waals surface area contributed by atoms with Gasteiger partial charge in [0.15, 0.2) is 18.5 Å². The highest BCUT2D eigenvalue weighted by Gasteiger charge is 2.55.